The van der Waals surface area contributed by atoms with E-state index < -0.39 is 0 Å². The van der Waals surface area contributed by atoms with Crippen molar-refractivity contribution in [2.75, 3.05) is 0 Å². The van der Waals surface area contributed by atoms with E-state index in [1.54, 1.807) is 0 Å². The molecule has 0 saturated carbocycles. The van der Waals surface area contributed by atoms with Gasteiger partial charge in [-0.25, -0.2) is 4.98 Å². The van der Waals surface area contributed by atoms with Gasteiger partial charge in [0.15, 0.2) is 0 Å². The highest BCUT2D eigenvalue weighted by molar-refractivity contribution is 6.14. The molecule has 0 atom stereocenters. The third-order valence-corrected chi connectivity index (χ3v) is 6.77. The Hall–Kier alpha value is -4.69. The van der Waals surface area contributed by atoms with Gasteiger partial charge in [0.2, 0.25) is 0 Å². The average molecular weight is 447 g/mol. The quantitative estimate of drug-likeness (QED) is 0.248. The maximum atomic E-state index is 5.28. The summed E-state index contributed by atoms with van der Waals surface area (Å²) in [5.74, 6) is 0. The van der Waals surface area contributed by atoms with Crippen molar-refractivity contribution >= 4 is 27.3 Å². The highest BCUT2D eigenvalue weighted by Crippen LogP contribution is 2.39. The fourth-order valence-electron chi connectivity index (χ4n) is 5.16. The summed E-state index contributed by atoms with van der Waals surface area (Å²) in [4.78, 5) is 5.28. The van der Waals surface area contributed by atoms with Crippen molar-refractivity contribution in [3.05, 3.63) is 133 Å². The van der Waals surface area contributed by atoms with Crippen molar-refractivity contribution in [3.8, 4) is 33.6 Å². The smallest absolute Gasteiger partial charge is 0.146 e. The molecular formula is C33H22N2. The Kier molecular flexibility index (Phi) is 4.49. The molecule has 5 aromatic carbocycles. The summed E-state index contributed by atoms with van der Waals surface area (Å²) in [6, 6.07) is 47.1. The van der Waals surface area contributed by atoms with E-state index >= 15 is 0 Å². The third kappa shape index (κ3) is 3.15. The topological polar surface area (TPSA) is 17.3 Å². The highest BCUT2D eigenvalue weighted by atomic mass is 15.0. The molecule has 2 aromatic heterocycles. The summed E-state index contributed by atoms with van der Waals surface area (Å²) >= 11 is 0. The molecule has 0 amide bonds. The van der Waals surface area contributed by atoms with Gasteiger partial charge in [-0.1, -0.05) is 121 Å². The normalized spacial score (nSPS) is 11.4. The van der Waals surface area contributed by atoms with E-state index in [-0.39, 0.29) is 0 Å². The van der Waals surface area contributed by atoms with Crippen LogP contribution in [0, 0.1) is 0 Å². The SMILES string of the molecule is c1ccc(-c2ccc3c(c2)c2ccccc2c2nc(-c4ccccc4)c(-c4ccccc4)n32)cc1. The number of rotatable bonds is 3. The first-order valence-electron chi connectivity index (χ1n) is 11.9. The second-order valence-corrected chi connectivity index (χ2v) is 8.84. The van der Waals surface area contributed by atoms with Gasteiger partial charge in [0.25, 0.3) is 0 Å². The van der Waals surface area contributed by atoms with Crippen molar-refractivity contribution < 1.29 is 0 Å². The van der Waals surface area contributed by atoms with E-state index in [2.05, 4.69) is 138 Å². The molecule has 2 heteroatoms. The minimum atomic E-state index is 0.985. The maximum Gasteiger partial charge on any atom is 0.146 e. The van der Waals surface area contributed by atoms with E-state index in [1.807, 2.05) is 0 Å². The Morgan fingerprint density at radius 1 is 0.429 bits per heavy atom. The lowest BCUT2D eigenvalue weighted by Gasteiger charge is -2.13. The summed E-state index contributed by atoms with van der Waals surface area (Å²) in [7, 11) is 0. The lowest BCUT2D eigenvalue weighted by molar-refractivity contribution is 1.27. The Morgan fingerprint density at radius 3 is 1.69 bits per heavy atom. The van der Waals surface area contributed by atoms with Crippen molar-refractivity contribution in [1.29, 1.82) is 0 Å². The first kappa shape index (κ1) is 19.7. The second-order valence-electron chi connectivity index (χ2n) is 8.84. The minimum absolute atomic E-state index is 0.985. The van der Waals surface area contributed by atoms with E-state index in [0.29, 0.717) is 0 Å². The number of nitrogens with zero attached hydrogens (tertiary/aromatic N) is 2. The summed E-state index contributed by atoms with van der Waals surface area (Å²) < 4.78 is 2.35. The van der Waals surface area contributed by atoms with Crippen molar-refractivity contribution in [1.82, 2.24) is 9.38 Å². The molecule has 35 heavy (non-hydrogen) atoms. The molecule has 0 aliphatic heterocycles. The van der Waals surface area contributed by atoms with Gasteiger partial charge in [0, 0.05) is 21.9 Å². The lowest BCUT2D eigenvalue weighted by atomic mass is 9.99. The lowest BCUT2D eigenvalue weighted by Crippen LogP contribution is -1.95. The van der Waals surface area contributed by atoms with E-state index in [1.165, 1.54) is 21.9 Å². The Labute approximate surface area is 203 Å². The van der Waals surface area contributed by atoms with Crippen LogP contribution < -0.4 is 0 Å². The molecule has 0 spiro atoms. The number of pyridine rings is 1. The van der Waals surface area contributed by atoms with Gasteiger partial charge in [0.1, 0.15) is 5.65 Å². The van der Waals surface area contributed by atoms with Crippen LogP contribution in [0.5, 0.6) is 0 Å². The van der Waals surface area contributed by atoms with Crippen molar-refractivity contribution in [3.63, 3.8) is 0 Å². The van der Waals surface area contributed by atoms with Crippen LogP contribution in [0.1, 0.15) is 0 Å². The largest absolute Gasteiger partial charge is 0.291 e. The van der Waals surface area contributed by atoms with E-state index in [9.17, 15) is 0 Å². The fraction of sp³-hybridized carbons (Fsp3) is 0. The Balaban J connectivity index is 1.67. The first-order valence-corrected chi connectivity index (χ1v) is 11.9. The number of benzene rings is 5. The second kappa shape index (κ2) is 7.96. The van der Waals surface area contributed by atoms with Gasteiger partial charge in [-0.05, 0) is 28.6 Å². The van der Waals surface area contributed by atoms with E-state index in [4.69, 9.17) is 4.98 Å². The van der Waals surface area contributed by atoms with Gasteiger partial charge < -0.3 is 0 Å². The summed E-state index contributed by atoms with van der Waals surface area (Å²) in [6.45, 7) is 0. The predicted octanol–water partition coefficient (Wildman–Crippen LogP) is 8.64. The molecule has 0 aliphatic carbocycles. The Bertz CT molecular complexity index is 1820. The number of aromatic nitrogens is 2. The number of hydrogen-bond acceptors (Lipinski definition) is 1. The maximum absolute atomic E-state index is 5.28. The molecule has 0 bridgehead atoms. The summed E-state index contributed by atoms with van der Waals surface area (Å²) in [5, 5.41) is 3.60. The van der Waals surface area contributed by atoms with Crippen LogP contribution in [0.3, 0.4) is 0 Å². The summed E-state index contributed by atoms with van der Waals surface area (Å²) in [6.07, 6.45) is 0. The molecule has 164 valence electrons. The zero-order chi connectivity index (χ0) is 23.2. The Morgan fingerprint density at radius 2 is 1.00 bits per heavy atom. The zero-order valence-corrected chi connectivity index (χ0v) is 19.1. The van der Waals surface area contributed by atoms with Crippen LogP contribution in [-0.4, -0.2) is 9.38 Å². The van der Waals surface area contributed by atoms with Gasteiger partial charge in [-0.2, -0.15) is 0 Å². The molecule has 0 fully saturated rings. The van der Waals surface area contributed by atoms with Gasteiger partial charge in [0.05, 0.1) is 16.9 Å². The van der Waals surface area contributed by atoms with Crippen LogP contribution in [-0.2, 0) is 0 Å². The van der Waals surface area contributed by atoms with Crippen molar-refractivity contribution in [2.45, 2.75) is 0 Å². The monoisotopic (exact) mass is 446 g/mol. The average Bonchev–Trinajstić information content (AvgIpc) is 3.35. The molecule has 0 N–H and O–H groups in total. The third-order valence-electron chi connectivity index (χ3n) is 6.77. The van der Waals surface area contributed by atoms with Crippen LogP contribution in [0.15, 0.2) is 133 Å². The van der Waals surface area contributed by atoms with Crippen molar-refractivity contribution in [2.24, 2.45) is 0 Å². The number of imidazole rings is 1. The highest BCUT2D eigenvalue weighted by Gasteiger charge is 2.20. The summed E-state index contributed by atoms with van der Waals surface area (Å²) in [5.41, 5.74) is 8.97. The molecule has 2 nitrogen and oxygen atoms in total. The number of fused-ring (bicyclic) bond motifs is 6. The molecule has 0 saturated heterocycles. The molecule has 7 rings (SSSR count). The van der Waals surface area contributed by atoms with Crippen LogP contribution in [0.4, 0.5) is 0 Å². The molecule has 0 unspecified atom stereocenters. The molecular weight excluding hydrogens is 424 g/mol. The van der Waals surface area contributed by atoms with Crippen LogP contribution in [0.25, 0.3) is 61.0 Å². The molecule has 0 aliphatic rings. The van der Waals surface area contributed by atoms with Gasteiger partial charge >= 0.3 is 0 Å². The molecule has 7 aromatic rings. The van der Waals surface area contributed by atoms with Gasteiger partial charge in [-0.3, -0.25) is 4.40 Å². The zero-order valence-electron chi connectivity index (χ0n) is 19.1. The number of hydrogen-bond donors (Lipinski definition) is 0. The predicted molar refractivity (Wildman–Crippen MR) is 147 cm³/mol. The van der Waals surface area contributed by atoms with Gasteiger partial charge in [-0.15, -0.1) is 0 Å². The first-order chi connectivity index (χ1) is 17.4. The minimum Gasteiger partial charge on any atom is -0.291 e. The van der Waals surface area contributed by atoms with Crippen LogP contribution in [0.2, 0.25) is 0 Å². The van der Waals surface area contributed by atoms with Crippen LogP contribution >= 0.6 is 0 Å². The fourth-order valence-corrected chi connectivity index (χ4v) is 5.16. The van der Waals surface area contributed by atoms with E-state index in [0.717, 1.165) is 39.1 Å². The standard InChI is InChI=1S/C33H22N2/c1-4-12-23(13-5-1)26-20-21-30-29(22-26)27-18-10-11-19-28(27)33-34-31(24-14-6-2-7-15-24)32(35(30)33)25-16-8-3-9-17-25/h1-22H. The molecule has 2 heterocycles. The molecule has 0 radical (unpaired) electrons.